The SMILES string of the molecule is CS(=O)(=O)Oc1cccc2cc(-c3ccccc3C(=O)O)c(C(=O)Nc3ccc(C(=N)N)cc3)cc12. The third kappa shape index (κ3) is 5.18. The van der Waals surface area contributed by atoms with E-state index in [9.17, 15) is 23.1 Å². The predicted octanol–water partition coefficient (Wildman–Crippen LogP) is 4.08. The van der Waals surface area contributed by atoms with E-state index in [0.29, 0.717) is 33.2 Å². The normalized spacial score (nSPS) is 11.1. The smallest absolute Gasteiger partial charge is 0.336 e. The number of aromatic carboxylic acids is 1. The number of carbonyl (C=O) groups excluding carboxylic acids is 1. The number of carbonyl (C=O) groups is 2. The predicted molar refractivity (Wildman–Crippen MR) is 137 cm³/mol. The molecule has 4 aromatic carbocycles. The van der Waals surface area contributed by atoms with Gasteiger partial charge in [0.15, 0.2) is 0 Å². The first-order chi connectivity index (χ1) is 17.0. The van der Waals surface area contributed by atoms with Crippen LogP contribution in [-0.4, -0.2) is 37.5 Å². The molecule has 9 nitrogen and oxygen atoms in total. The molecule has 5 N–H and O–H groups in total. The molecule has 36 heavy (non-hydrogen) atoms. The van der Waals surface area contributed by atoms with Crippen molar-refractivity contribution in [3.8, 4) is 16.9 Å². The Balaban J connectivity index is 1.91. The summed E-state index contributed by atoms with van der Waals surface area (Å²) in [5.74, 6) is -1.80. The number of carboxylic acids is 1. The van der Waals surface area contributed by atoms with Crippen molar-refractivity contribution in [3.05, 3.63) is 95.6 Å². The van der Waals surface area contributed by atoms with Gasteiger partial charge in [0, 0.05) is 22.2 Å². The third-order valence-corrected chi connectivity index (χ3v) is 5.85. The van der Waals surface area contributed by atoms with Crippen LogP contribution in [0.2, 0.25) is 0 Å². The molecule has 0 aliphatic rings. The van der Waals surface area contributed by atoms with Crippen LogP contribution in [0.1, 0.15) is 26.3 Å². The van der Waals surface area contributed by atoms with Crippen molar-refractivity contribution in [2.75, 3.05) is 11.6 Å². The van der Waals surface area contributed by atoms with E-state index in [1.54, 1.807) is 60.7 Å². The second-order valence-electron chi connectivity index (χ2n) is 7.96. The van der Waals surface area contributed by atoms with Crippen LogP contribution in [-0.2, 0) is 10.1 Å². The summed E-state index contributed by atoms with van der Waals surface area (Å²) < 4.78 is 28.7. The average Bonchev–Trinajstić information content (AvgIpc) is 2.83. The summed E-state index contributed by atoms with van der Waals surface area (Å²) in [7, 11) is -3.85. The quantitative estimate of drug-likeness (QED) is 0.168. The minimum absolute atomic E-state index is 0.000233. The van der Waals surface area contributed by atoms with E-state index in [0.717, 1.165) is 6.26 Å². The lowest BCUT2D eigenvalue weighted by Gasteiger charge is -2.16. The number of nitrogens with one attached hydrogen (secondary N) is 2. The number of amides is 1. The molecule has 0 spiro atoms. The molecule has 0 aromatic heterocycles. The first kappa shape index (κ1) is 24.4. The lowest BCUT2D eigenvalue weighted by molar-refractivity contribution is 0.0697. The van der Waals surface area contributed by atoms with Gasteiger partial charge in [0.05, 0.1) is 11.8 Å². The molecule has 0 aliphatic carbocycles. The standard InChI is InChI=1S/C26H21N3O6S/c1-36(33,34)35-23-8-4-5-16-13-21(18-6-2-3-7-19(18)26(31)32)22(14-20(16)23)25(30)29-17-11-9-15(10-12-17)24(27)28/h2-14H,1H3,(H3,27,28)(H,29,30)(H,31,32). The van der Waals surface area contributed by atoms with Crippen LogP contribution in [0.3, 0.4) is 0 Å². The Morgan fingerprint density at radius 1 is 0.917 bits per heavy atom. The van der Waals surface area contributed by atoms with Crippen LogP contribution in [0.4, 0.5) is 5.69 Å². The molecule has 0 atom stereocenters. The zero-order chi connectivity index (χ0) is 26.0. The van der Waals surface area contributed by atoms with Crippen molar-refractivity contribution in [1.29, 1.82) is 5.41 Å². The van der Waals surface area contributed by atoms with Gasteiger partial charge in [-0.15, -0.1) is 0 Å². The van der Waals surface area contributed by atoms with Gasteiger partial charge in [-0.1, -0.05) is 30.3 Å². The average molecular weight is 504 g/mol. The zero-order valence-electron chi connectivity index (χ0n) is 19.0. The maximum Gasteiger partial charge on any atom is 0.336 e. The molecule has 0 heterocycles. The minimum Gasteiger partial charge on any atom is -0.478 e. The van der Waals surface area contributed by atoms with Gasteiger partial charge < -0.3 is 20.3 Å². The Labute approximate surface area is 206 Å². The van der Waals surface area contributed by atoms with Crippen molar-refractivity contribution in [2.24, 2.45) is 5.73 Å². The fourth-order valence-corrected chi connectivity index (χ4v) is 4.25. The van der Waals surface area contributed by atoms with Crippen LogP contribution in [0.5, 0.6) is 5.75 Å². The Kier molecular flexibility index (Phi) is 6.45. The number of nitrogens with two attached hydrogens (primary N) is 1. The maximum absolute atomic E-state index is 13.5. The Morgan fingerprint density at radius 3 is 2.25 bits per heavy atom. The molecular formula is C26H21N3O6S. The maximum atomic E-state index is 13.5. The number of carboxylic acid groups (broad SMARTS) is 1. The van der Waals surface area contributed by atoms with Gasteiger partial charge in [0.25, 0.3) is 5.91 Å². The van der Waals surface area contributed by atoms with Gasteiger partial charge in [-0.3, -0.25) is 10.2 Å². The first-order valence-electron chi connectivity index (χ1n) is 10.6. The molecular weight excluding hydrogens is 482 g/mol. The van der Waals surface area contributed by atoms with Crippen LogP contribution >= 0.6 is 0 Å². The number of anilines is 1. The van der Waals surface area contributed by atoms with Gasteiger partial charge in [-0.25, -0.2) is 4.79 Å². The van der Waals surface area contributed by atoms with E-state index in [1.807, 2.05) is 0 Å². The summed E-state index contributed by atoms with van der Waals surface area (Å²) >= 11 is 0. The lowest BCUT2D eigenvalue weighted by Crippen LogP contribution is -2.15. The molecule has 0 fully saturated rings. The van der Waals surface area contributed by atoms with Crippen LogP contribution in [0.15, 0.2) is 78.9 Å². The molecule has 0 saturated carbocycles. The highest BCUT2D eigenvalue weighted by Crippen LogP contribution is 2.35. The summed E-state index contributed by atoms with van der Waals surface area (Å²) in [4.78, 5) is 25.4. The second-order valence-corrected chi connectivity index (χ2v) is 9.53. The second kappa shape index (κ2) is 9.51. The van der Waals surface area contributed by atoms with Crippen LogP contribution in [0.25, 0.3) is 21.9 Å². The Hall–Kier alpha value is -4.70. The Morgan fingerprint density at radius 2 is 1.61 bits per heavy atom. The monoisotopic (exact) mass is 503 g/mol. The summed E-state index contributed by atoms with van der Waals surface area (Å²) in [6.07, 6.45) is 0.918. The number of hydrogen-bond acceptors (Lipinski definition) is 6. The molecule has 4 rings (SSSR count). The number of hydrogen-bond donors (Lipinski definition) is 4. The molecule has 0 unspecified atom stereocenters. The topological polar surface area (TPSA) is 160 Å². The van der Waals surface area contributed by atoms with Gasteiger partial charge >= 0.3 is 16.1 Å². The molecule has 0 saturated heterocycles. The summed E-state index contributed by atoms with van der Waals surface area (Å²) in [5, 5.41) is 20.9. The van der Waals surface area contributed by atoms with Gasteiger partial charge in [0.2, 0.25) is 0 Å². The highest BCUT2D eigenvalue weighted by molar-refractivity contribution is 7.86. The summed E-state index contributed by atoms with van der Waals surface area (Å²) in [5.41, 5.74) is 7.15. The van der Waals surface area contributed by atoms with Gasteiger partial charge in [-0.05, 0) is 65.0 Å². The van der Waals surface area contributed by atoms with Crippen molar-refractivity contribution >= 4 is 44.3 Å². The third-order valence-electron chi connectivity index (χ3n) is 5.37. The minimum atomic E-state index is -3.85. The molecule has 0 bridgehead atoms. The molecule has 182 valence electrons. The number of nitrogen functional groups attached to an aromatic ring is 1. The number of amidine groups is 1. The van der Waals surface area contributed by atoms with Gasteiger partial charge in [-0.2, -0.15) is 8.42 Å². The van der Waals surface area contributed by atoms with E-state index < -0.39 is 22.0 Å². The fraction of sp³-hybridized carbons (Fsp3) is 0.0385. The number of fused-ring (bicyclic) bond motifs is 1. The summed E-state index contributed by atoms with van der Waals surface area (Å²) in [6.45, 7) is 0. The highest BCUT2D eigenvalue weighted by Gasteiger charge is 2.21. The van der Waals surface area contributed by atoms with E-state index in [-0.39, 0.29) is 22.7 Å². The van der Waals surface area contributed by atoms with Crippen molar-refractivity contribution in [2.45, 2.75) is 0 Å². The fourth-order valence-electron chi connectivity index (χ4n) is 3.78. The van der Waals surface area contributed by atoms with E-state index >= 15 is 0 Å². The van der Waals surface area contributed by atoms with Crippen molar-refractivity contribution in [1.82, 2.24) is 0 Å². The van der Waals surface area contributed by atoms with Crippen molar-refractivity contribution < 1.29 is 27.3 Å². The highest BCUT2D eigenvalue weighted by atomic mass is 32.2. The number of benzene rings is 4. The first-order valence-corrected chi connectivity index (χ1v) is 12.4. The van der Waals surface area contributed by atoms with E-state index in [4.69, 9.17) is 15.3 Å². The van der Waals surface area contributed by atoms with E-state index in [2.05, 4.69) is 5.32 Å². The number of rotatable bonds is 7. The lowest BCUT2D eigenvalue weighted by atomic mass is 9.92. The summed E-state index contributed by atoms with van der Waals surface area (Å²) in [6, 6.07) is 20.5. The molecule has 0 radical (unpaired) electrons. The van der Waals surface area contributed by atoms with Crippen molar-refractivity contribution in [3.63, 3.8) is 0 Å². The van der Waals surface area contributed by atoms with Crippen LogP contribution in [0, 0.1) is 5.41 Å². The Bertz CT molecular complexity index is 1630. The molecule has 1 amide bonds. The molecule has 0 aliphatic heterocycles. The largest absolute Gasteiger partial charge is 0.478 e. The molecule has 4 aromatic rings. The van der Waals surface area contributed by atoms with Crippen LogP contribution < -0.4 is 15.2 Å². The van der Waals surface area contributed by atoms with E-state index in [1.165, 1.54) is 18.2 Å². The zero-order valence-corrected chi connectivity index (χ0v) is 19.8. The molecule has 10 heteroatoms. The van der Waals surface area contributed by atoms with Gasteiger partial charge in [0.1, 0.15) is 11.6 Å².